The number of ketones is 1. The predicted molar refractivity (Wildman–Crippen MR) is 76.5 cm³/mol. The minimum Gasteiger partial charge on any atom is -0.453 e. The first-order valence-electron chi connectivity index (χ1n) is 7.05. The highest BCUT2D eigenvalue weighted by atomic mass is 16.6. The molecular formula is C15H28O5. The van der Waals surface area contributed by atoms with Gasteiger partial charge in [-0.3, -0.25) is 4.79 Å². The van der Waals surface area contributed by atoms with E-state index < -0.39 is 23.8 Å². The number of hydrogen-bond acceptors (Lipinski definition) is 5. The third kappa shape index (κ3) is 6.48. The third-order valence-electron chi connectivity index (χ3n) is 2.59. The maximum Gasteiger partial charge on any atom is 0.335 e. The fourth-order valence-corrected chi connectivity index (χ4v) is 1.92. The van der Waals surface area contributed by atoms with Crippen molar-refractivity contribution in [3.05, 3.63) is 0 Å². The van der Waals surface area contributed by atoms with Crippen LogP contribution in [-0.4, -0.2) is 41.8 Å². The predicted octanol–water partition coefficient (Wildman–Crippen LogP) is 2.50. The van der Waals surface area contributed by atoms with Crippen molar-refractivity contribution in [1.29, 1.82) is 0 Å². The number of Topliss-reactive ketones (excluding diaryl/α,β-unsaturated/α-hetero) is 1. The lowest BCUT2D eigenvalue weighted by atomic mass is 9.99. The summed E-state index contributed by atoms with van der Waals surface area (Å²) in [5.41, 5.74) is -0.990. The van der Waals surface area contributed by atoms with Gasteiger partial charge in [0, 0.05) is 0 Å². The van der Waals surface area contributed by atoms with Crippen molar-refractivity contribution in [3.8, 4) is 0 Å². The molecule has 118 valence electrons. The molecule has 0 aromatic rings. The van der Waals surface area contributed by atoms with Gasteiger partial charge in [-0.15, -0.1) is 0 Å². The molecule has 0 aliphatic rings. The highest BCUT2D eigenvalue weighted by Gasteiger charge is 2.36. The van der Waals surface area contributed by atoms with E-state index in [9.17, 15) is 9.59 Å². The third-order valence-corrected chi connectivity index (χ3v) is 2.59. The largest absolute Gasteiger partial charge is 0.453 e. The molecule has 0 radical (unpaired) electrons. The first-order chi connectivity index (χ1) is 8.97. The molecule has 0 bridgehead atoms. The molecule has 0 saturated heterocycles. The monoisotopic (exact) mass is 288 g/mol. The molecule has 0 aliphatic heterocycles. The summed E-state index contributed by atoms with van der Waals surface area (Å²) in [7, 11) is 0. The summed E-state index contributed by atoms with van der Waals surface area (Å²) in [5.74, 6) is -0.809. The second-order valence-corrected chi connectivity index (χ2v) is 5.95. The highest BCUT2D eigenvalue weighted by molar-refractivity contribution is 5.92. The molecule has 0 spiro atoms. The summed E-state index contributed by atoms with van der Waals surface area (Å²) in [6.07, 6.45) is -1.72. The van der Waals surface area contributed by atoms with Crippen molar-refractivity contribution >= 4 is 11.8 Å². The Morgan fingerprint density at radius 2 is 1.35 bits per heavy atom. The van der Waals surface area contributed by atoms with Gasteiger partial charge in [0.05, 0.1) is 12.2 Å². The first kappa shape index (κ1) is 19.1. The van der Waals surface area contributed by atoms with Gasteiger partial charge >= 0.3 is 5.97 Å². The zero-order chi connectivity index (χ0) is 16.1. The average Bonchev–Trinajstić information content (AvgIpc) is 2.24. The molecule has 2 unspecified atom stereocenters. The van der Waals surface area contributed by atoms with Gasteiger partial charge < -0.3 is 14.2 Å². The molecule has 0 aromatic heterocycles. The molecule has 0 N–H and O–H groups in total. The van der Waals surface area contributed by atoms with Gasteiger partial charge in [-0.25, -0.2) is 4.79 Å². The van der Waals surface area contributed by atoms with Gasteiger partial charge in [0.25, 0.3) is 0 Å². The standard InChI is InChI=1S/C15H28O5/c1-9(2)18-12(6)14(17)19-11(5)13(16)15(7,8)20-10(3)4/h9-12H,1-8H3. The second-order valence-electron chi connectivity index (χ2n) is 5.95. The number of ether oxygens (including phenoxy) is 3. The van der Waals surface area contributed by atoms with Gasteiger partial charge in [-0.2, -0.15) is 0 Å². The molecule has 20 heavy (non-hydrogen) atoms. The Morgan fingerprint density at radius 3 is 1.75 bits per heavy atom. The molecule has 0 saturated carbocycles. The number of rotatable bonds is 8. The topological polar surface area (TPSA) is 61.8 Å². The van der Waals surface area contributed by atoms with Gasteiger partial charge in [-0.05, 0) is 55.4 Å². The van der Waals surface area contributed by atoms with E-state index in [1.54, 1.807) is 27.7 Å². The van der Waals surface area contributed by atoms with Crippen LogP contribution in [0.25, 0.3) is 0 Å². The summed E-state index contributed by atoms with van der Waals surface area (Å²) in [6.45, 7) is 13.9. The van der Waals surface area contributed by atoms with Crippen LogP contribution in [0.4, 0.5) is 0 Å². The van der Waals surface area contributed by atoms with E-state index in [1.807, 2.05) is 27.7 Å². The molecule has 0 heterocycles. The fourth-order valence-electron chi connectivity index (χ4n) is 1.92. The summed E-state index contributed by atoms with van der Waals surface area (Å²) in [5, 5.41) is 0. The van der Waals surface area contributed by atoms with Gasteiger partial charge in [0.2, 0.25) is 5.78 Å². The number of hydrogen-bond donors (Lipinski definition) is 0. The molecule has 0 amide bonds. The van der Waals surface area contributed by atoms with Crippen LogP contribution in [0.2, 0.25) is 0 Å². The Hall–Kier alpha value is -0.940. The molecule has 5 nitrogen and oxygen atoms in total. The van der Waals surface area contributed by atoms with Crippen LogP contribution in [0, 0.1) is 0 Å². The van der Waals surface area contributed by atoms with Crippen LogP contribution in [0.5, 0.6) is 0 Å². The van der Waals surface area contributed by atoms with Gasteiger partial charge in [0.15, 0.2) is 12.2 Å². The quantitative estimate of drug-likeness (QED) is 0.642. The van der Waals surface area contributed by atoms with Crippen LogP contribution >= 0.6 is 0 Å². The summed E-state index contributed by atoms with van der Waals surface area (Å²) in [4.78, 5) is 24.0. The Morgan fingerprint density at radius 1 is 0.850 bits per heavy atom. The van der Waals surface area contributed by atoms with E-state index in [2.05, 4.69) is 0 Å². The number of esters is 1. The minimum absolute atomic E-state index is 0.0794. The lowest BCUT2D eigenvalue weighted by molar-refractivity contribution is -0.173. The van der Waals surface area contributed by atoms with Crippen molar-refractivity contribution < 1.29 is 23.8 Å². The van der Waals surface area contributed by atoms with Crippen molar-refractivity contribution in [1.82, 2.24) is 0 Å². The van der Waals surface area contributed by atoms with E-state index in [-0.39, 0.29) is 18.0 Å². The van der Waals surface area contributed by atoms with Crippen molar-refractivity contribution in [2.75, 3.05) is 0 Å². The van der Waals surface area contributed by atoms with E-state index in [1.165, 1.54) is 0 Å². The first-order valence-corrected chi connectivity index (χ1v) is 7.05. The van der Waals surface area contributed by atoms with Gasteiger partial charge in [0.1, 0.15) is 5.60 Å². The Labute approximate surface area is 122 Å². The zero-order valence-electron chi connectivity index (χ0n) is 13.9. The van der Waals surface area contributed by atoms with Crippen molar-refractivity contribution in [3.63, 3.8) is 0 Å². The summed E-state index contributed by atoms with van der Waals surface area (Å²) >= 11 is 0. The lowest BCUT2D eigenvalue weighted by Crippen LogP contribution is -2.45. The highest BCUT2D eigenvalue weighted by Crippen LogP contribution is 2.17. The van der Waals surface area contributed by atoms with Crippen LogP contribution < -0.4 is 0 Å². The molecule has 0 rings (SSSR count). The molecule has 2 atom stereocenters. The van der Waals surface area contributed by atoms with Crippen LogP contribution in [0.3, 0.4) is 0 Å². The Balaban J connectivity index is 4.56. The van der Waals surface area contributed by atoms with E-state index in [4.69, 9.17) is 14.2 Å². The Kier molecular flexibility index (Phi) is 7.38. The van der Waals surface area contributed by atoms with E-state index in [0.29, 0.717) is 0 Å². The zero-order valence-corrected chi connectivity index (χ0v) is 13.9. The molecule has 0 aromatic carbocycles. The molecular weight excluding hydrogens is 260 g/mol. The van der Waals surface area contributed by atoms with Crippen LogP contribution in [0.1, 0.15) is 55.4 Å². The second kappa shape index (κ2) is 7.74. The summed E-state index contributed by atoms with van der Waals surface area (Å²) in [6, 6.07) is 0. The SMILES string of the molecule is CC(C)OC(C)C(=O)OC(C)C(=O)C(C)(C)OC(C)C. The minimum atomic E-state index is -0.990. The fraction of sp³-hybridized carbons (Fsp3) is 0.867. The smallest absolute Gasteiger partial charge is 0.335 e. The number of carbonyl (C=O) groups excluding carboxylic acids is 2. The maximum atomic E-state index is 12.2. The van der Waals surface area contributed by atoms with Crippen LogP contribution in [0.15, 0.2) is 0 Å². The lowest BCUT2D eigenvalue weighted by Gasteiger charge is -2.29. The summed E-state index contributed by atoms with van der Waals surface area (Å²) < 4.78 is 16.0. The van der Waals surface area contributed by atoms with Gasteiger partial charge in [-0.1, -0.05) is 0 Å². The molecule has 0 aliphatic carbocycles. The van der Waals surface area contributed by atoms with Crippen LogP contribution in [-0.2, 0) is 23.8 Å². The number of carbonyl (C=O) groups is 2. The molecule has 5 heteroatoms. The molecule has 0 fully saturated rings. The van der Waals surface area contributed by atoms with E-state index >= 15 is 0 Å². The van der Waals surface area contributed by atoms with Crippen molar-refractivity contribution in [2.45, 2.75) is 85.4 Å². The Bertz CT molecular complexity index is 333. The van der Waals surface area contributed by atoms with E-state index in [0.717, 1.165) is 0 Å². The average molecular weight is 288 g/mol. The normalized spacial score (nSPS) is 15.3. The maximum absolute atomic E-state index is 12.2. The van der Waals surface area contributed by atoms with Crippen molar-refractivity contribution in [2.24, 2.45) is 0 Å².